The summed E-state index contributed by atoms with van der Waals surface area (Å²) < 4.78 is 106. The van der Waals surface area contributed by atoms with Crippen LogP contribution in [0, 0.1) is 0 Å². The molecule has 0 saturated carbocycles. The minimum Gasteiger partial charge on any atom is -0.471 e. The van der Waals surface area contributed by atoms with E-state index in [0.29, 0.717) is 37.4 Å². The third-order valence-electron chi connectivity index (χ3n) is 5.93. The molecule has 2 aromatic carbocycles. The van der Waals surface area contributed by atoms with E-state index in [4.69, 9.17) is 4.74 Å². The van der Waals surface area contributed by atoms with Gasteiger partial charge in [-0.2, -0.15) is 8.78 Å². The van der Waals surface area contributed by atoms with Crippen LogP contribution in [0.1, 0.15) is 48.7 Å². The van der Waals surface area contributed by atoms with Crippen molar-refractivity contribution in [3.05, 3.63) is 88.6 Å². The zero-order valence-corrected chi connectivity index (χ0v) is 25.6. The monoisotopic (exact) mass is 711 g/mol. The third-order valence-corrected chi connectivity index (χ3v) is 8.25. The molecule has 3 aromatic rings. The molecule has 3 rings (SSSR count). The van der Waals surface area contributed by atoms with Crippen LogP contribution in [0.5, 0.6) is 11.6 Å². The maximum Gasteiger partial charge on any atom is 0.394 e. The van der Waals surface area contributed by atoms with Crippen LogP contribution in [0.15, 0.2) is 60.7 Å². The van der Waals surface area contributed by atoms with E-state index >= 15 is 0 Å². The van der Waals surface area contributed by atoms with E-state index in [1.807, 2.05) is 16.1 Å². The van der Waals surface area contributed by atoms with E-state index in [-0.39, 0.29) is 18.1 Å². The Balaban J connectivity index is 1.66. The van der Waals surface area contributed by atoms with Crippen LogP contribution in [0.4, 0.5) is 30.7 Å². The quantitative estimate of drug-likeness (QED) is 0.0898. The van der Waals surface area contributed by atoms with Crippen molar-refractivity contribution in [2.45, 2.75) is 70.6 Å². The Kier molecular flexibility index (Phi) is 11.8. The summed E-state index contributed by atoms with van der Waals surface area (Å²) in [7, 11) is 0. The van der Waals surface area contributed by atoms with Crippen molar-refractivity contribution < 1.29 is 40.2 Å². The highest BCUT2D eigenvalue weighted by Crippen LogP contribution is 2.26. The Morgan fingerprint density at radius 3 is 2.19 bits per heavy atom. The van der Waals surface area contributed by atoms with Gasteiger partial charge in [-0.3, -0.25) is 0 Å². The lowest BCUT2D eigenvalue weighted by Gasteiger charge is -2.19. The number of nitrogens with zero attached hydrogens (tertiary/aromatic N) is 1. The standard InChI is InChI=1S/C31H33F7INO2/c1-29(34,28(32)33)18-23-5-4-6-24(15-23)19-39-14-13-22-16-25(40-27(17-22)41-20-30(2,35)36)10-7-21-8-11-26(12-9-21)42-31(3,37)38/h4-6,8-9,11-12,15-17,19,28H,7,10,13-14,18,20H2,1-3H3. The van der Waals surface area contributed by atoms with Gasteiger partial charge in [0.1, 0.15) is 5.75 Å². The molecule has 0 spiro atoms. The maximum absolute atomic E-state index is 14.1. The molecule has 42 heavy (non-hydrogen) atoms. The first-order chi connectivity index (χ1) is 19.6. The van der Waals surface area contributed by atoms with E-state index in [0.717, 1.165) is 35.0 Å². The smallest absolute Gasteiger partial charge is 0.394 e. The molecule has 0 aliphatic heterocycles. The number of aromatic nitrogens is 1. The van der Waals surface area contributed by atoms with Crippen LogP contribution in [0.3, 0.4) is 0 Å². The first-order valence-electron chi connectivity index (χ1n) is 13.2. The molecule has 11 heteroatoms. The molecule has 0 N–H and O–H groups in total. The zero-order chi connectivity index (χ0) is 31.0. The fraction of sp³-hybridized carbons (Fsp3) is 0.419. The minimum atomic E-state index is -3.28. The van der Waals surface area contributed by atoms with E-state index in [2.05, 4.69) is 9.72 Å². The first-order valence-corrected chi connectivity index (χ1v) is 16.0. The highest BCUT2D eigenvalue weighted by atomic mass is 127. The summed E-state index contributed by atoms with van der Waals surface area (Å²) in [5.74, 6) is -2.88. The second-order valence-corrected chi connectivity index (χ2v) is 13.0. The van der Waals surface area contributed by atoms with E-state index in [1.54, 1.807) is 36.4 Å². The molecule has 1 aromatic heterocycles. The Labute approximate surface area is 251 Å². The van der Waals surface area contributed by atoms with Crippen molar-refractivity contribution in [3.63, 3.8) is 0 Å². The number of pyridine rings is 1. The molecule has 0 aliphatic rings. The topological polar surface area (TPSA) is 31.4 Å². The Morgan fingerprint density at radius 1 is 0.833 bits per heavy atom. The van der Waals surface area contributed by atoms with Gasteiger partial charge < -0.3 is 9.47 Å². The maximum atomic E-state index is 14.1. The normalized spacial score (nSPS) is 14.1. The summed E-state index contributed by atoms with van der Waals surface area (Å²) in [6.45, 7) is 1.50. The highest BCUT2D eigenvalue weighted by molar-refractivity contribution is 14.2. The number of rotatable bonds is 15. The molecule has 1 atom stereocenters. The van der Waals surface area contributed by atoms with Gasteiger partial charge in [0.25, 0.3) is 12.3 Å². The van der Waals surface area contributed by atoms with Crippen LogP contribution < -0.4 is 9.47 Å². The fourth-order valence-electron chi connectivity index (χ4n) is 3.93. The van der Waals surface area contributed by atoms with E-state index in [9.17, 15) is 30.7 Å². The molecular weight excluding hydrogens is 678 g/mol. The van der Waals surface area contributed by atoms with Gasteiger partial charge in [0.2, 0.25) is 5.88 Å². The van der Waals surface area contributed by atoms with Gasteiger partial charge in [-0.1, -0.05) is 36.4 Å². The second-order valence-electron chi connectivity index (χ2n) is 10.4. The number of benzene rings is 2. The van der Waals surface area contributed by atoms with Gasteiger partial charge in [0.05, 0.1) is 0 Å². The van der Waals surface area contributed by atoms with Crippen LogP contribution in [-0.2, 0) is 25.7 Å². The van der Waals surface area contributed by atoms with E-state index < -0.39 is 51.5 Å². The van der Waals surface area contributed by atoms with Gasteiger partial charge in [-0.05, 0) is 75.1 Å². The van der Waals surface area contributed by atoms with Crippen LogP contribution in [0.2, 0.25) is 0 Å². The summed E-state index contributed by atoms with van der Waals surface area (Å²) in [4.78, 5) is 4.38. The second kappa shape index (κ2) is 14.7. The molecule has 0 fully saturated rings. The Hall–Kier alpha value is -2.70. The van der Waals surface area contributed by atoms with Crippen molar-refractivity contribution in [2.24, 2.45) is 0 Å². The number of ether oxygens (including phenoxy) is 2. The molecule has 230 valence electrons. The van der Waals surface area contributed by atoms with Crippen molar-refractivity contribution >= 4 is 24.7 Å². The largest absolute Gasteiger partial charge is 0.471 e. The van der Waals surface area contributed by atoms with Crippen molar-refractivity contribution in [1.82, 2.24) is 4.98 Å². The lowest BCUT2D eigenvalue weighted by molar-refractivity contribution is -0.158. The molecule has 0 saturated heterocycles. The molecule has 0 amide bonds. The number of aryl methyl sites for hydroxylation is 3. The van der Waals surface area contributed by atoms with Gasteiger partial charge in [-0.15, -0.1) is 20.7 Å². The zero-order valence-electron chi connectivity index (χ0n) is 23.5. The Bertz CT molecular complexity index is 1320. The molecule has 0 aliphatic carbocycles. The van der Waals surface area contributed by atoms with Gasteiger partial charge >= 0.3 is 6.11 Å². The molecular formula is C31H33F7INO2. The van der Waals surface area contributed by atoms with Crippen molar-refractivity contribution in [2.75, 3.05) is 11.0 Å². The summed E-state index contributed by atoms with van der Waals surface area (Å²) in [6.07, 6.45) is -5.09. The molecule has 3 nitrogen and oxygen atoms in total. The summed E-state index contributed by atoms with van der Waals surface area (Å²) in [5, 5.41) is 0. The van der Waals surface area contributed by atoms with E-state index in [1.165, 1.54) is 12.1 Å². The highest BCUT2D eigenvalue weighted by Gasteiger charge is 2.35. The number of hydrogen-bond acceptors (Lipinski definition) is 3. The summed E-state index contributed by atoms with van der Waals surface area (Å²) in [5.41, 5.74) is 1.12. The third kappa shape index (κ3) is 12.3. The average molecular weight is 711 g/mol. The van der Waals surface area contributed by atoms with Gasteiger partial charge in [-0.25, -0.2) is 26.9 Å². The van der Waals surface area contributed by atoms with Crippen LogP contribution >= 0.6 is 20.7 Å². The predicted octanol–water partition coefficient (Wildman–Crippen LogP) is 8.79. The summed E-state index contributed by atoms with van der Waals surface area (Å²) >= 11 is -0.458. The summed E-state index contributed by atoms with van der Waals surface area (Å²) in [6, 6.07) is 16.7. The molecule has 1 unspecified atom stereocenters. The van der Waals surface area contributed by atoms with Crippen LogP contribution in [-0.4, -0.2) is 44.2 Å². The van der Waals surface area contributed by atoms with Crippen molar-refractivity contribution in [3.8, 4) is 11.6 Å². The van der Waals surface area contributed by atoms with Gasteiger partial charge in [0.15, 0.2) is 12.3 Å². The van der Waals surface area contributed by atoms with Gasteiger partial charge in [0, 0.05) is 32.0 Å². The Morgan fingerprint density at radius 2 is 1.55 bits per heavy atom. The van der Waals surface area contributed by atoms with Crippen molar-refractivity contribution in [1.29, 1.82) is 0 Å². The number of halogens is 8. The fourth-order valence-corrected chi connectivity index (χ4v) is 6.07. The molecule has 0 bridgehead atoms. The molecule has 0 radical (unpaired) electrons. The first kappa shape index (κ1) is 33.8. The average Bonchev–Trinajstić information content (AvgIpc) is 2.88. The van der Waals surface area contributed by atoms with Crippen LogP contribution in [0.25, 0.3) is 0 Å². The lowest BCUT2D eigenvalue weighted by Crippen LogP contribution is -2.30. The molecule has 1 heterocycles. The minimum absolute atomic E-state index is 0.0448. The number of alkyl halides is 8. The SMILES string of the molecule is CC(F)(F)COc1cc(CCI=Cc2cccc(CC(C)(F)C(F)F)c2)cc(CCc2ccc(OC(C)(F)F)cc2)n1. The number of hydrogen-bond donors (Lipinski definition) is 0. The predicted molar refractivity (Wildman–Crippen MR) is 159 cm³/mol. The lowest BCUT2D eigenvalue weighted by atomic mass is 9.98.